The quantitative estimate of drug-likeness (QED) is 0.552. The number of aromatic nitrogens is 1. The van der Waals surface area contributed by atoms with E-state index in [9.17, 15) is 25.0 Å². The van der Waals surface area contributed by atoms with Gasteiger partial charge >= 0.3 is 11.2 Å². The van der Waals surface area contributed by atoms with Crippen LogP contribution in [0, 0.1) is 20.2 Å². The van der Waals surface area contributed by atoms with Gasteiger partial charge in [0.05, 0.1) is 15.5 Å². The Balaban J connectivity index is 2.33. The van der Waals surface area contributed by atoms with Crippen LogP contribution in [0.5, 0.6) is 5.75 Å². The highest BCUT2D eigenvalue weighted by atomic mass is 79.9. The van der Waals surface area contributed by atoms with E-state index in [1.807, 2.05) is 0 Å². The number of fused-ring (bicyclic) bond motifs is 1. The Morgan fingerprint density at radius 3 is 2.46 bits per heavy atom. The Kier molecular flexibility index (Phi) is 4.15. The fraction of sp³-hybridized carbons (Fsp3) is 0.188. The minimum Gasteiger partial charge on any atom is -0.483 e. The predicted octanol–water partition coefficient (Wildman–Crippen LogP) is 3.49. The second kappa shape index (κ2) is 6.06. The minimum absolute atomic E-state index is 0.185. The van der Waals surface area contributed by atoms with E-state index in [0.717, 1.165) is 10.6 Å². The molecular weight excluding hydrogens is 410 g/mol. The average Bonchev–Trinajstić information content (AvgIpc) is 2.54. The molecule has 0 amide bonds. The molecule has 0 N–H and O–H groups in total. The molecule has 1 aromatic carbocycles. The topological polar surface area (TPSA) is 118 Å². The number of nitrogens with zero attached hydrogens (tertiary/aromatic N) is 3. The number of benzene rings is 1. The van der Waals surface area contributed by atoms with Crippen molar-refractivity contribution in [3.63, 3.8) is 0 Å². The molecule has 0 atom stereocenters. The van der Waals surface area contributed by atoms with Crippen molar-refractivity contribution in [1.82, 2.24) is 4.57 Å². The van der Waals surface area contributed by atoms with E-state index in [2.05, 4.69) is 15.9 Å². The molecule has 0 saturated carbocycles. The molecule has 0 radical (unpaired) electrons. The van der Waals surface area contributed by atoms with Crippen LogP contribution in [0.4, 0.5) is 11.4 Å². The average molecular weight is 422 g/mol. The number of ether oxygens (including phenoxy) is 1. The van der Waals surface area contributed by atoms with E-state index in [1.54, 1.807) is 19.9 Å². The Hall–Kier alpha value is -3.01. The number of hydrogen-bond donors (Lipinski definition) is 0. The standard InChI is InChI=1S/C16H12BrN3O6/c1-16(2)7-13(11-6-10(19(22)23)3-4-14(11)26-16)18-8-9(17)5-12(15(18)21)20(24)25/h3-8H,1-2H3. The van der Waals surface area contributed by atoms with Gasteiger partial charge in [-0.25, -0.2) is 0 Å². The number of hydrogen-bond acceptors (Lipinski definition) is 6. The molecular formula is C16H12BrN3O6. The molecule has 2 heterocycles. The summed E-state index contributed by atoms with van der Waals surface area (Å²) in [5.41, 5.74) is -1.90. The second-order valence-corrected chi connectivity index (χ2v) is 7.06. The normalized spacial score (nSPS) is 14.8. The van der Waals surface area contributed by atoms with Crippen LogP contribution in [0.3, 0.4) is 0 Å². The van der Waals surface area contributed by atoms with Gasteiger partial charge < -0.3 is 4.74 Å². The summed E-state index contributed by atoms with van der Waals surface area (Å²) in [5, 5.41) is 22.3. The first kappa shape index (κ1) is 17.8. The highest BCUT2D eigenvalue weighted by Gasteiger charge is 2.30. The Morgan fingerprint density at radius 2 is 1.85 bits per heavy atom. The van der Waals surface area contributed by atoms with Crippen molar-refractivity contribution in [3.05, 3.63) is 77.2 Å². The highest BCUT2D eigenvalue weighted by Crippen LogP contribution is 2.38. The summed E-state index contributed by atoms with van der Waals surface area (Å²) in [6, 6.07) is 5.12. The largest absolute Gasteiger partial charge is 0.483 e. The Morgan fingerprint density at radius 1 is 1.15 bits per heavy atom. The summed E-state index contributed by atoms with van der Waals surface area (Å²) >= 11 is 3.16. The minimum atomic E-state index is -0.848. The van der Waals surface area contributed by atoms with E-state index in [0.29, 0.717) is 15.8 Å². The van der Waals surface area contributed by atoms with Gasteiger partial charge in [-0.3, -0.25) is 29.6 Å². The van der Waals surface area contributed by atoms with Gasteiger partial charge in [0.1, 0.15) is 11.4 Å². The summed E-state index contributed by atoms with van der Waals surface area (Å²) in [5.74, 6) is 0.340. The van der Waals surface area contributed by atoms with Gasteiger partial charge in [-0.1, -0.05) is 0 Å². The Bertz CT molecular complexity index is 1040. The van der Waals surface area contributed by atoms with Crippen LogP contribution >= 0.6 is 15.9 Å². The van der Waals surface area contributed by atoms with Crippen molar-refractivity contribution < 1.29 is 14.6 Å². The molecule has 1 aromatic heterocycles. The number of nitro benzene ring substituents is 1. The first-order valence-corrected chi connectivity index (χ1v) is 8.16. The van der Waals surface area contributed by atoms with Crippen molar-refractivity contribution >= 4 is 33.0 Å². The smallest absolute Gasteiger partial charge is 0.335 e. The van der Waals surface area contributed by atoms with Crippen LogP contribution in [0.15, 0.2) is 45.8 Å². The van der Waals surface area contributed by atoms with Gasteiger partial charge in [0.2, 0.25) is 0 Å². The summed E-state index contributed by atoms with van der Waals surface area (Å²) in [6.45, 7) is 3.49. The lowest BCUT2D eigenvalue weighted by Gasteiger charge is -2.31. The highest BCUT2D eigenvalue weighted by molar-refractivity contribution is 9.10. The molecule has 1 aliphatic rings. The molecule has 0 aliphatic carbocycles. The molecule has 2 aromatic rings. The third kappa shape index (κ3) is 3.10. The number of pyridine rings is 1. The first-order valence-electron chi connectivity index (χ1n) is 7.37. The third-order valence-corrected chi connectivity index (χ3v) is 4.16. The third-order valence-electron chi connectivity index (χ3n) is 3.73. The van der Waals surface area contributed by atoms with Crippen molar-refractivity contribution in [1.29, 1.82) is 0 Å². The molecule has 9 nitrogen and oxygen atoms in total. The predicted molar refractivity (Wildman–Crippen MR) is 96.2 cm³/mol. The maximum absolute atomic E-state index is 12.6. The number of non-ortho nitro benzene ring substituents is 1. The zero-order valence-electron chi connectivity index (χ0n) is 13.6. The molecule has 0 bridgehead atoms. The molecule has 1 aliphatic heterocycles. The lowest BCUT2D eigenvalue weighted by atomic mass is 9.98. The van der Waals surface area contributed by atoms with E-state index in [1.165, 1.54) is 24.4 Å². The molecule has 3 rings (SSSR count). The fourth-order valence-corrected chi connectivity index (χ4v) is 3.11. The lowest BCUT2D eigenvalue weighted by Crippen LogP contribution is -2.32. The Labute approximate surface area is 154 Å². The van der Waals surface area contributed by atoms with Crippen LogP contribution in [0.2, 0.25) is 0 Å². The second-order valence-electron chi connectivity index (χ2n) is 6.15. The lowest BCUT2D eigenvalue weighted by molar-refractivity contribution is -0.386. The molecule has 0 spiro atoms. The maximum atomic E-state index is 12.6. The monoisotopic (exact) mass is 421 g/mol. The van der Waals surface area contributed by atoms with E-state index < -0.39 is 26.7 Å². The SMILES string of the molecule is CC1(C)C=C(n2cc(Br)cc([N+](=O)[O-])c2=O)c2cc([N+](=O)[O-])ccc2O1. The van der Waals surface area contributed by atoms with Crippen molar-refractivity contribution in [3.8, 4) is 5.75 Å². The van der Waals surface area contributed by atoms with Gasteiger partial charge in [0.15, 0.2) is 0 Å². The van der Waals surface area contributed by atoms with E-state index in [4.69, 9.17) is 4.74 Å². The molecule has 10 heteroatoms. The van der Waals surface area contributed by atoms with Crippen LogP contribution in [0.1, 0.15) is 19.4 Å². The summed E-state index contributed by atoms with van der Waals surface area (Å²) < 4.78 is 7.21. The molecule has 134 valence electrons. The van der Waals surface area contributed by atoms with Crippen molar-refractivity contribution in [2.75, 3.05) is 0 Å². The van der Waals surface area contributed by atoms with E-state index >= 15 is 0 Å². The molecule has 0 unspecified atom stereocenters. The number of halogens is 1. The van der Waals surface area contributed by atoms with Gasteiger partial charge in [-0.15, -0.1) is 0 Å². The summed E-state index contributed by atoms with van der Waals surface area (Å²) in [7, 11) is 0. The van der Waals surface area contributed by atoms with E-state index in [-0.39, 0.29) is 11.4 Å². The van der Waals surface area contributed by atoms with Gasteiger partial charge in [0, 0.05) is 34.4 Å². The first-order chi connectivity index (χ1) is 12.1. The zero-order chi connectivity index (χ0) is 19.2. The van der Waals surface area contributed by atoms with Crippen LogP contribution in [-0.4, -0.2) is 20.0 Å². The maximum Gasteiger partial charge on any atom is 0.335 e. The molecule has 26 heavy (non-hydrogen) atoms. The van der Waals surface area contributed by atoms with Gasteiger partial charge in [0.25, 0.3) is 5.69 Å². The molecule has 0 fully saturated rings. The van der Waals surface area contributed by atoms with Crippen molar-refractivity contribution in [2.45, 2.75) is 19.4 Å². The zero-order valence-corrected chi connectivity index (χ0v) is 15.2. The number of rotatable bonds is 3. The van der Waals surface area contributed by atoms with Crippen molar-refractivity contribution in [2.24, 2.45) is 0 Å². The van der Waals surface area contributed by atoms with Crippen LogP contribution < -0.4 is 10.3 Å². The number of nitro groups is 2. The van der Waals surface area contributed by atoms with Gasteiger partial charge in [-0.05, 0) is 41.9 Å². The fourth-order valence-electron chi connectivity index (χ4n) is 2.68. The van der Waals surface area contributed by atoms with Gasteiger partial charge in [-0.2, -0.15) is 0 Å². The summed E-state index contributed by atoms with van der Waals surface area (Å²) in [6.07, 6.45) is 2.97. The summed E-state index contributed by atoms with van der Waals surface area (Å²) in [4.78, 5) is 33.5. The van der Waals surface area contributed by atoms with Crippen LogP contribution in [0.25, 0.3) is 5.70 Å². The van der Waals surface area contributed by atoms with Crippen LogP contribution in [-0.2, 0) is 0 Å². The molecule has 0 saturated heterocycles.